The molecule has 3 aromatic rings. The largest absolute Gasteiger partial charge is 0.443 e. The molecule has 0 fully saturated rings. The second kappa shape index (κ2) is 6.95. The van der Waals surface area contributed by atoms with Crippen molar-refractivity contribution in [2.75, 3.05) is 5.32 Å². The van der Waals surface area contributed by atoms with E-state index in [9.17, 15) is 4.79 Å². The highest BCUT2D eigenvalue weighted by Gasteiger charge is 2.19. The van der Waals surface area contributed by atoms with Crippen molar-refractivity contribution in [3.05, 3.63) is 47.2 Å². The average molecular weight is 352 g/mol. The van der Waals surface area contributed by atoms with Crippen molar-refractivity contribution >= 4 is 34.6 Å². The van der Waals surface area contributed by atoms with Crippen LogP contribution in [0.5, 0.6) is 0 Å². The van der Waals surface area contributed by atoms with E-state index >= 15 is 0 Å². The molecule has 6 nitrogen and oxygen atoms in total. The lowest BCUT2D eigenvalue weighted by Gasteiger charge is -2.08. The van der Waals surface area contributed by atoms with E-state index in [4.69, 9.17) is 9.68 Å². The zero-order valence-corrected chi connectivity index (χ0v) is 14.8. The molecule has 1 aromatic carbocycles. The number of thioether (sulfide) groups is 1. The predicted molar refractivity (Wildman–Crippen MR) is 96.6 cm³/mol. The molecule has 0 aliphatic rings. The summed E-state index contributed by atoms with van der Waals surface area (Å²) in [6, 6.07) is 11.0. The lowest BCUT2D eigenvalue weighted by molar-refractivity contribution is 0.102. The Morgan fingerprint density at radius 1 is 1.28 bits per heavy atom. The van der Waals surface area contributed by atoms with Gasteiger partial charge in [0.15, 0.2) is 5.16 Å². The maximum Gasteiger partial charge on any atom is 0.256 e. The molecule has 1 N–H and O–H groups in total. The van der Waals surface area contributed by atoms with E-state index in [2.05, 4.69) is 21.4 Å². The molecule has 0 radical (unpaired) electrons. The Bertz CT molecular complexity index is 976. The number of benzene rings is 1. The number of aryl methyl sites for hydroxylation is 2. The summed E-state index contributed by atoms with van der Waals surface area (Å²) in [5, 5.41) is 12.6. The van der Waals surface area contributed by atoms with E-state index in [0.717, 1.165) is 11.3 Å². The third-order valence-corrected chi connectivity index (χ3v) is 4.59. The van der Waals surface area contributed by atoms with Crippen molar-refractivity contribution < 1.29 is 9.21 Å². The van der Waals surface area contributed by atoms with Gasteiger partial charge in [-0.25, -0.2) is 4.98 Å². The van der Waals surface area contributed by atoms with E-state index in [-0.39, 0.29) is 11.2 Å². The highest BCUT2D eigenvalue weighted by Crippen LogP contribution is 2.32. The first-order valence-electron chi connectivity index (χ1n) is 7.70. The molecule has 25 heavy (non-hydrogen) atoms. The van der Waals surface area contributed by atoms with Crippen molar-refractivity contribution in [1.82, 2.24) is 9.97 Å². The number of carbonyl (C=O) groups is 1. The summed E-state index contributed by atoms with van der Waals surface area (Å²) >= 11 is 1.22. The molecule has 0 spiro atoms. The fourth-order valence-electron chi connectivity index (χ4n) is 2.33. The molecule has 0 saturated heterocycles. The molecule has 0 saturated carbocycles. The number of nitrogens with one attached hydrogen (secondary N) is 1. The monoisotopic (exact) mass is 352 g/mol. The molecule has 0 bridgehead atoms. The van der Waals surface area contributed by atoms with Crippen molar-refractivity contribution in [3.8, 4) is 6.07 Å². The van der Waals surface area contributed by atoms with Gasteiger partial charge in [-0.15, -0.1) is 0 Å². The number of furan rings is 1. The van der Waals surface area contributed by atoms with Crippen LogP contribution in [0.4, 0.5) is 5.82 Å². The molecule has 1 unspecified atom stereocenters. The van der Waals surface area contributed by atoms with Gasteiger partial charge in [-0.1, -0.05) is 30.0 Å². The molecule has 1 atom stereocenters. The van der Waals surface area contributed by atoms with Gasteiger partial charge in [0.2, 0.25) is 5.71 Å². The van der Waals surface area contributed by atoms with E-state index in [1.165, 1.54) is 11.8 Å². The van der Waals surface area contributed by atoms with Crippen molar-refractivity contribution in [1.29, 1.82) is 5.26 Å². The quantitative estimate of drug-likeness (QED) is 0.561. The minimum atomic E-state index is -0.313. The zero-order chi connectivity index (χ0) is 18.0. The average Bonchev–Trinajstić information content (AvgIpc) is 2.89. The molecular weight excluding hydrogens is 336 g/mol. The molecular formula is C18H16N4O2S. The number of hydrogen-bond acceptors (Lipinski definition) is 6. The Kier molecular flexibility index (Phi) is 4.72. The molecule has 2 aromatic heterocycles. The summed E-state index contributed by atoms with van der Waals surface area (Å²) in [6.45, 7) is 5.50. The number of nitrogens with zero attached hydrogens (tertiary/aromatic N) is 3. The van der Waals surface area contributed by atoms with Gasteiger partial charge < -0.3 is 9.73 Å². The first-order chi connectivity index (χ1) is 12.0. The standard InChI is InChI=1S/C18H16N4O2S/c1-10(9-19)25-18-21-15(14-11(2)12(3)24-17(14)22-18)20-16(23)13-7-5-4-6-8-13/h4-8,10H,1-3H3,(H,20,21,22,23). The molecule has 7 heteroatoms. The van der Waals surface area contributed by atoms with E-state index < -0.39 is 0 Å². The number of nitriles is 1. The molecule has 3 rings (SSSR count). The number of amides is 1. The summed E-state index contributed by atoms with van der Waals surface area (Å²) in [4.78, 5) is 21.3. The highest BCUT2D eigenvalue weighted by molar-refractivity contribution is 8.00. The predicted octanol–water partition coefficient (Wildman–Crippen LogP) is 4.10. The zero-order valence-electron chi connectivity index (χ0n) is 14.0. The van der Waals surface area contributed by atoms with Gasteiger partial charge in [0.1, 0.15) is 11.6 Å². The molecule has 1 amide bonds. The Balaban J connectivity index is 2.05. The summed E-state index contributed by atoms with van der Waals surface area (Å²) in [5.74, 6) is 0.846. The fraction of sp³-hybridized carbons (Fsp3) is 0.222. The fourth-order valence-corrected chi connectivity index (χ4v) is 2.98. The minimum Gasteiger partial charge on any atom is -0.443 e. The summed E-state index contributed by atoms with van der Waals surface area (Å²) in [7, 11) is 0. The van der Waals surface area contributed by atoms with E-state index in [1.807, 2.05) is 19.9 Å². The molecule has 0 aliphatic heterocycles. The van der Waals surface area contributed by atoms with Crippen molar-refractivity contribution in [2.45, 2.75) is 31.2 Å². The molecule has 126 valence electrons. The number of aromatic nitrogens is 2. The minimum absolute atomic E-state index is 0.261. The lowest BCUT2D eigenvalue weighted by atomic mass is 10.2. The normalized spacial score (nSPS) is 11.9. The van der Waals surface area contributed by atoms with Gasteiger partial charge in [0.25, 0.3) is 5.91 Å². The number of carbonyl (C=O) groups excluding carboxylic acids is 1. The topological polar surface area (TPSA) is 91.8 Å². The first kappa shape index (κ1) is 17.0. The maximum atomic E-state index is 12.5. The van der Waals surface area contributed by atoms with Crippen LogP contribution in [-0.4, -0.2) is 21.1 Å². The molecule has 2 heterocycles. The van der Waals surface area contributed by atoms with Gasteiger partial charge >= 0.3 is 0 Å². The van der Waals surface area contributed by atoms with Crippen molar-refractivity contribution in [2.24, 2.45) is 0 Å². The van der Waals surface area contributed by atoms with Gasteiger partial charge in [-0.05, 0) is 32.9 Å². The SMILES string of the molecule is Cc1oc2nc(SC(C)C#N)nc(NC(=O)c3ccccc3)c2c1C. The van der Waals surface area contributed by atoms with Crippen LogP contribution in [0, 0.1) is 25.2 Å². The van der Waals surface area contributed by atoms with Gasteiger partial charge in [0.05, 0.1) is 16.7 Å². The number of anilines is 1. The van der Waals surface area contributed by atoms with Gasteiger partial charge in [0, 0.05) is 11.1 Å². The number of rotatable bonds is 4. The summed E-state index contributed by atoms with van der Waals surface area (Å²) < 4.78 is 5.68. The second-order valence-corrected chi connectivity index (χ2v) is 6.84. The smallest absolute Gasteiger partial charge is 0.256 e. The highest BCUT2D eigenvalue weighted by atomic mass is 32.2. The Morgan fingerprint density at radius 2 is 2.00 bits per heavy atom. The van der Waals surface area contributed by atoms with Crippen LogP contribution in [0.2, 0.25) is 0 Å². The third kappa shape index (κ3) is 3.49. The number of hydrogen-bond donors (Lipinski definition) is 1. The van der Waals surface area contributed by atoms with E-state index in [0.29, 0.717) is 27.6 Å². The van der Waals surface area contributed by atoms with Crippen LogP contribution in [0.3, 0.4) is 0 Å². The molecule has 0 aliphatic carbocycles. The summed E-state index contributed by atoms with van der Waals surface area (Å²) in [5.41, 5.74) is 1.82. The van der Waals surface area contributed by atoms with Crippen LogP contribution >= 0.6 is 11.8 Å². The first-order valence-corrected chi connectivity index (χ1v) is 8.58. The maximum absolute atomic E-state index is 12.5. The van der Waals surface area contributed by atoms with E-state index in [1.54, 1.807) is 31.2 Å². The summed E-state index contributed by atoms with van der Waals surface area (Å²) in [6.07, 6.45) is 0. The Hall–Kier alpha value is -2.85. The van der Waals surface area contributed by atoms with Crippen LogP contribution < -0.4 is 5.32 Å². The second-order valence-electron chi connectivity index (χ2n) is 5.53. The Morgan fingerprint density at radius 3 is 2.68 bits per heavy atom. The van der Waals surface area contributed by atoms with Crippen molar-refractivity contribution in [3.63, 3.8) is 0 Å². The van der Waals surface area contributed by atoms with Gasteiger partial charge in [-0.3, -0.25) is 4.79 Å². The van der Waals surface area contributed by atoms with Crippen LogP contribution in [0.25, 0.3) is 11.1 Å². The van der Waals surface area contributed by atoms with Gasteiger partial charge in [-0.2, -0.15) is 10.2 Å². The Labute approximate surface area is 149 Å². The van der Waals surface area contributed by atoms with Crippen LogP contribution in [0.15, 0.2) is 39.9 Å². The lowest BCUT2D eigenvalue weighted by Crippen LogP contribution is -2.14. The number of fused-ring (bicyclic) bond motifs is 1. The van der Waals surface area contributed by atoms with Crippen LogP contribution in [0.1, 0.15) is 28.6 Å². The third-order valence-electron chi connectivity index (χ3n) is 3.74. The van der Waals surface area contributed by atoms with Crippen LogP contribution in [-0.2, 0) is 0 Å².